The van der Waals surface area contributed by atoms with Crippen LogP contribution >= 0.6 is 11.3 Å². The number of fused-ring (bicyclic) bond motifs is 4. The maximum atomic E-state index is 12.3. The Labute approximate surface area is 131 Å². The molecule has 0 radical (unpaired) electrons. The Morgan fingerprint density at radius 1 is 1.41 bits per heavy atom. The monoisotopic (exact) mass is 316 g/mol. The molecule has 0 spiro atoms. The topological polar surface area (TPSA) is 80.5 Å². The molecule has 2 aromatic rings. The third-order valence-corrected chi connectivity index (χ3v) is 5.87. The zero-order chi connectivity index (χ0) is 14.8. The molecule has 1 aliphatic carbocycles. The molecule has 3 N–H and O–H groups in total. The predicted octanol–water partition coefficient (Wildman–Crippen LogP) is 1.62. The van der Waals surface area contributed by atoms with Crippen molar-refractivity contribution in [3.63, 3.8) is 0 Å². The van der Waals surface area contributed by atoms with Crippen LogP contribution in [0.3, 0.4) is 0 Å². The number of benzene rings is 1. The standard InChI is InChI=1S/C15H16N4O2S/c16-7-5-9-10(6-7)19(14(20)17-9)15-18-13-8-3-4-21-11(8)1-2-12(13)22-15/h1-2,7,9-10H,3-6,16H2,(H,17,20)/t7-,9-,10+/m1/s1. The number of anilines is 1. The molecule has 1 aromatic heterocycles. The summed E-state index contributed by atoms with van der Waals surface area (Å²) in [5.74, 6) is 0.927. The van der Waals surface area contributed by atoms with E-state index in [1.807, 2.05) is 17.0 Å². The summed E-state index contributed by atoms with van der Waals surface area (Å²) in [5, 5.41) is 3.81. The number of thiazole rings is 1. The zero-order valence-corrected chi connectivity index (χ0v) is 12.7. The number of amides is 2. The first-order valence-electron chi connectivity index (χ1n) is 7.61. The van der Waals surface area contributed by atoms with E-state index in [0.29, 0.717) is 6.61 Å². The van der Waals surface area contributed by atoms with Gasteiger partial charge in [0.1, 0.15) is 5.75 Å². The lowest BCUT2D eigenvalue weighted by Gasteiger charge is -2.18. The second-order valence-corrected chi connectivity index (χ2v) is 7.22. The second-order valence-electron chi connectivity index (χ2n) is 6.21. The number of rotatable bonds is 1. The molecular formula is C15H16N4O2S. The van der Waals surface area contributed by atoms with Crippen molar-refractivity contribution >= 4 is 32.7 Å². The van der Waals surface area contributed by atoms with Gasteiger partial charge in [-0.3, -0.25) is 4.90 Å². The van der Waals surface area contributed by atoms with Gasteiger partial charge in [0.2, 0.25) is 0 Å². The van der Waals surface area contributed by atoms with Gasteiger partial charge in [-0.25, -0.2) is 9.78 Å². The molecule has 3 atom stereocenters. The molecule has 1 aromatic carbocycles. The fourth-order valence-corrected chi connectivity index (χ4v) is 4.91. The van der Waals surface area contributed by atoms with E-state index in [1.165, 1.54) is 5.56 Å². The van der Waals surface area contributed by atoms with Gasteiger partial charge in [0.05, 0.1) is 28.9 Å². The Morgan fingerprint density at radius 3 is 3.23 bits per heavy atom. The maximum Gasteiger partial charge on any atom is 0.324 e. The summed E-state index contributed by atoms with van der Waals surface area (Å²) >= 11 is 1.57. The van der Waals surface area contributed by atoms with Crippen LogP contribution in [0.4, 0.5) is 9.93 Å². The van der Waals surface area contributed by atoms with Crippen molar-refractivity contribution in [3.8, 4) is 5.75 Å². The highest BCUT2D eigenvalue weighted by atomic mass is 32.1. The first-order valence-corrected chi connectivity index (χ1v) is 8.43. The van der Waals surface area contributed by atoms with Crippen LogP contribution in [0.1, 0.15) is 18.4 Å². The number of carbonyl (C=O) groups excluding carboxylic acids is 1. The van der Waals surface area contributed by atoms with Gasteiger partial charge in [-0.1, -0.05) is 11.3 Å². The quantitative estimate of drug-likeness (QED) is 0.838. The number of urea groups is 1. The van der Waals surface area contributed by atoms with Gasteiger partial charge in [0.15, 0.2) is 5.13 Å². The van der Waals surface area contributed by atoms with E-state index in [2.05, 4.69) is 5.32 Å². The van der Waals surface area contributed by atoms with Crippen molar-refractivity contribution in [2.24, 2.45) is 5.73 Å². The highest BCUT2D eigenvalue weighted by Crippen LogP contribution is 2.40. The Balaban J connectivity index is 1.60. The molecule has 1 saturated heterocycles. The number of nitrogens with two attached hydrogens (primary N) is 1. The van der Waals surface area contributed by atoms with Crippen LogP contribution in [0.5, 0.6) is 5.75 Å². The molecule has 0 unspecified atom stereocenters. The SMILES string of the molecule is N[C@@H]1C[C@H]2NC(=O)N(c3nc4c5c(ccc4s3)OCC5)[C@H]2C1. The van der Waals surface area contributed by atoms with Crippen LogP contribution in [0.25, 0.3) is 10.2 Å². The van der Waals surface area contributed by atoms with E-state index < -0.39 is 0 Å². The lowest BCUT2D eigenvalue weighted by Crippen LogP contribution is -2.35. The van der Waals surface area contributed by atoms with E-state index >= 15 is 0 Å². The van der Waals surface area contributed by atoms with E-state index in [0.717, 1.165) is 40.4 Å². The fraction of sp³-hybridized carbons (Fsp3) is 0.467. The second kappa shape index (κ2) is 4.33. The molecule has 22 heavy (non-hydrogen) atoms. The van der Waals surface area contributed by atoms with Crippen LogP contribution in [0.15, 0.2) is 12.1 Å². The average molecular weight is 316 g/mol. The van der Waals surface area contributed by atoms with Crippen LogP contribution in [0, 0.1) is 0 Å². The van der Waals surface area contributed by atoms with E-state index in [4.69, 9.17) is 15.5 Å². The van der Waals surface area contributed by atoms with Crippen LogP contribution in [-0.4, -0.2) is 35.7 Å². The summed E-state index contributed by atoms with van der Waals surface area (Å²) in [7, 11) is 0. The Kier molecular flexibility index (Phi) is 2.49. The van der Waals surface area contributed by atoms with Gasteiger partial charge in [0, 0.05) is 18.0 Å². The minimum absolute atomic E-state index is 0.0474. The summed E-state index contributed by atoms with van der Waals surface area (Å²) in [4.78, 5) is 18.9. The summed E-state index contributed by atoms with van der Waals surface area (Å²) < 4.78 is 6.71. The van der Waals surface area contributed by atoms with Gasteiger partial charge < -0.3 is 15.8 Å². The predicted molar refractivity (Wildman–Crippen MR) is 84.6 cm³/mol. The number of nitrogens with zero attached hydrogens (tertiary/aromatic N) is 2. The minimum Gasteiger partial charge on any atom is -0.493 e. The highest BCUT2D eigenvalue weighted by Gasteiger charge is 2.46. The van der Waals surface area contributed by atoms with Crippen LogP contribution in [-0.2, 0) is 6.42 Å². The average Bonchev–Trinajstić information content (AvgIpc) is 3.18. The molecule has 3 aliphatic rings. The molecule has 5 rings (SSSR count). The normalized spacial score (nSPS) is 29.6. The number of aromatic nitrogens is 1. The molecule has 3 heterocycles. The molecule has 0 bridgehead atoms. The van der Waals surface area contributed by atoms with Crippen molar-refractivity contribution < 1.29 is 9.53 Å². The molecule has 2 aliphatic heterocycles. The lowest BCUT2D eigenvalue weighted by molar-refractivity contribution is 0.250. The van der Waals surface area contributed by atoms with Crippen molar-refractivity contribution in [1.82, 2.24) is 10.3 Å². The van der Waals surface area contributed by atoms with Crippen molar-refractivity contribution in [2.75, 3.05) is 11.5 Å². The Hall–Kier alpha value is -1.86. The first-order chi connectivity index (χ1) is 10.7. The number of hydrogen-bond acceptors (Lipinski definition) is 5. The Bertz CT molecular complexity index is 789. The van der Waals surface area contributed by atoms with E-state index in [1.54, 1.807) is 11.3 Å². The fourth-order valence-electron chi connectivity index (χ4n) is 3.86. The third kappa shape index (κ3) is 1.63. The smallest absolute Gasteiger partial charge is 0.324 e. The summed E-state index contributed by atoms with van der Waals surface area (Å²) in [6.07, 6.45) is 2.57. The van der Waals surface area contributed by atoms with Crippen molar-refractivity contribution in [1.29, 1.82) is 0 Å². The number of ether oxygens (including phenoxy) is 1. The van der Waals surface area contributed by atoms with Gasteiger partial charge in [-0.05, 0) is 25.0 Å². The first kappa shape index (κ1) is 12.7. The van der Waals surface area contributed by atoms with Gasteiger partial charge >= 0.3 is 6.03 Å². The van der Waals surface area contributed by atoms with E-state index in [-0.39, 0.29) is 24.2 Å². The minimum atomic E-state index is -0.0474. The van der Waals surface area contributed by atoms with Crippen molar-refractivity contribution in [2.45, 2.75) is 37.4 Å². The summed E-state index contributed by atoms with van der Waals surface area (Å²) in [6.45, 7) is 0.713. The number of hydrogen-bond donors (Lipinski definition) is 2. The maximum absolute atomic E-state index is 12.3. The molecule has 2 fully saturated rings. The molecule has 7 heteroatoms. The largest absolute Gasteiger partial charge is 0.493 e. The lowest BCUT2D eigenvalue weighted by atomic mass is 10.1. The zero-order valence-electron chi connectivity index (χ0n) is 11.9. The highest BCUT2D eigenvalue weighted by molar-refractivity contribution is 7.22. The number of nitrogens with one attached hydrogen (secondary N) is 1. The molecule has 2 amide bonds. The van der Waals surface area contributed by atoms with Gasteiger partial charge in [-0.15, -0.1) is 0 Å². The third-order valence-electron chi connectivity index (χ3n) is 4.85. The number of carbonyl (C=O) groups is 1. The van der Waals surface area contributed by atoms with Crippen molar-refractivity contribution in [3.05, 3.63) is 17.7 Å². The van der Waals surface area contributed by atoms with Gasteiger partial charge in [0.25, 0.3) is 0 Å². The molecular weight excluding hydrogens is 300 g/mol. The Morgan fingerprint density at radius 2 is 2.32 bits per heavy atom. The van der Waals surface area contributed by atoms with Gasteiger partial charge in [-0.2, -0.15) is 0 Å². The van der Waals surface area contributed by atoms with E-state index in [9.17, 15) is 4.79 Å². The summed E-state index contributed by atoms with van der Waals surface area (Å²) in [5.41, 5.74) is 8.19. The molecule has 114 valence electrons. The van der Waals surface area contributed by atoms with Crippen LogP contribution < -0.4 is 20.7 Å². The summed E-state index contributed by atoms with van der Waals surface area (Å²) in [6, 6.07) is 4.44. The molecule has 1 saturated carbocycles. The van der Waals surface area contributed by atoms with Crippen LogP contribution in [0.2, 0.25) is 0 Å². The molecule has 6 nitrogen and oxygen atoms in total.